The number of hydrogen-bond acceptors (Lipinski definition) is 5. The number of ether oxygens (including phenoxy) is 1. The first-order valence-electron chi connectivity index (χ1n) is 6.43. The summed E-state index contributed by atoms with van der Waals surface area (Å²) in [5.41, 5.74) is 0.854. The molecule has 0 unspecified atom stereocenters. The Morgan fingerprint density at radius 2 is 2.20 bits per heavy atom. The molecule has 8 heteroatoms. The SMILES string of the molecule is O=C(CSCC(=O)N1CCOCC1)NCc1cnc[nH]1. The van der Waals surface area contributed by atoms with Crippen molar-refractivity contribution < 1.29 is 14.3 Å². The molecular weight excluding hydrogens is 280 g/mol. The second kappa shape index (κ2) is 7.91. The van der Waals surface area contributed by atoms with E-state index in [0.29, 0.717) is 38.6 Å². The van der Waals surface area contributed by atoms with Crippen molar-refractivity contribution >= 4 is 23.6 Å². The third-order valence-electron chi connectivity index (χ3n) is 2.85. The molecule has 0 saturated carbocycles. The van der Waals surface area contributed by atoms with E-state index in [1.807, 2.05) is 0 Å². The summed E-state index contributed by atoms with van der Waals surface area (Å²) < 4.78 is 5.19. The summed E-state index contributed by atoms with van der Waals surface area (Å²) in [4.78, 5) is 32.0. The van der Waals surface area contributed by atoms with Crippen LogP contribution < -0.4 is 5.32 Å². The van der Waals surface area contributed by atoms with Crippen LogP contribution in [0.1, 0.15) is 5.69 Å². The van der Waals surface area contributed by atoms with Crippen LogP contribution in [0.25, 0.3) is 0 Å². The molecule has 1 aromatic heterocycles. The van der Waals surface area contributed by atoms with Gasteiger partial charge in [0.15, 0.2) is 0 Å². The molecule has 2 N–H and O–H groups in total. The lowest BCUT2D eigenvalue weighted by Gasteiger charge is -2.26. The zero-order valence-corrected chi connectivity index (χ0v) is 11.9. The van der Waals surface area contributed by atoms with Gasteiger partial charge in [-0.15, -0.1) is 11.8 Å². The fourth-order valence-electron chi connectivity index (χ4n) is 1.76. The first kappa shape index (κ1) is 14.9. The number of carbonyl (C=O) groups excluding carboxylic acids is 2. The molecule has 1 aliphatic rings. The van der Waals surface area contributed by atoms with Crippen molar-refractivity contribution in [3.8, 4) is 0 Å². The molecule has 0 radical (unpaired) electrons. The van der Waals surface area contributed by atoms with Gasteiger partial charge in [0.1, 0.15) is 0 Å². The standard InChI is InChI=1S/C12H18N4O3S/c17-11(14-6-10-5-13-9-15-10)7-20-8-12(18)16-1-3-19-4-2-16/h5,9H,1-4,6-8H2,(H,13,15)(H,14,17). The van der Waals surface area contributed by atoms with Crippen LogP contribution in [0, 0.1) is 0 Å². The van der Waals surface area contributed by atoms with Crippen LogP contribution in [0.4, 0.5) is 0 Å². The van der Waals surface area contributed by atoms with Gasteiger partial charge in [0.05, 0.1) is 43.3 Å². The molecule has 1 aromatic rings. The van der Waals surface area contributed by atoms with Gasteiger partial charge in [-0.1, -0.05) is 0 Å². The number of rotatable bonds is 6. The molecule has 7 nitrogen and oxygen atoms in total. The molecule has 2 amide bonds. The number of thioether (sulfide) groups is 1. The summed E-state index contributed by atoms with van der Waals surface area (Å²) in [6.45, 7) is 2.91. The summed E-state index contributed by atoms with van der Waals surface area (Å²) in [5, 5.41) is 2.76. The van der Waals surface area contributed by atoms with Crippen LogP contribution in [0.5, 0.6) is 0 Å². The van der Waals surface area contributed by atoms with Crippen LogP contribution in [0.3, 0.4) is 0 Å². The quantitative estimate of drug-likeness (QED) is 0.747. The smallest absolute Gasteiger partial charge is 0.232 e. The maximum atomic E-state index is 11.8. The lowest BCUT2D eigenvalue weighted by Crippen LogP contribution is -2.41. The summed E-state index contributed by atoms with van der Waals surface area (Å²) in [6, 6.07) is 0. The summed E-state index contributed by atoms with van der Waals surface area (Å²) >= 11 is 1.33. The number of morpholine rings is 1. The van der Waals surface area contributed by atoms with Crippen molar-refractivity contribution in [3.63, 3.8) is 0 Å². The van der Waals surface area contributed by atoms with E-state index in [-0.39, 0.29) is 17.6 Å². The summed E-state index contributed by atoms with van der Waals surface area (Å²) in [5.74, 6) is 0.598. The Labute approximate surface area is 121 Å². The van der Waals surface area contributed by atoms with Gasteiger partial charge in [-0.05, 0) is 0 Å². The number of nitrogens with zero attached hydrogens (tertiary/aromatic N) is 2. The van der Waals surface area contributed by atoms with Gasteiger partial charge in [-0.3, -0.25) is 9.59 Å². The number of hydrogen-bond donors (Lipinski definition) is 2. The van der Waals surface area contributed by atoms with Crippen molar-refractivity contribution in [1.82, 2.24) is 20.2 Å². The van der Waals surface area contributed by atoms with Crippen molar-refractivity contribution in [2.24, 2.45) is 0 Å². The lowest BCUT2D eigenvalue weighted by molar-refractivity contribution is -0.132. The fraction of sp³-hybridized carbons (Fsp3) is 0.583. The van der Waals surface area contributed by atoms with Gasteiger partial charge in [0, 0.05) is 19.3 Å². The zero-order chi connectivity index (χ0) is 14.2. The molecule has 0 atom stereocenters. The molecule has 0 aromatic carbocycles. The van der Waals surface area contributed by atoms with Gasteiger partial charge in [0.2, 0.25) is 11.8 Å². The molecule has 0 bridgehead atoms. The number of H-pyrrole nitrogens is 1. The van der Waals surface area contributed by atoms with Crippen molar-refractivity contribution in [2.45, 2.75) is 6.54 Å². The zero-order valence-electron chi connectivity index (χ0n) is 11.1. The Morgan fingerprint density at radius 3 is 2.90 bits per heavy atom. The van der Waals surface area contributed by atoms with Gasteiger partial charge in [-0.25, -0.2) is 4.98 Å². The van der Waals surface area contributed by atoms with E-state index < -0.39 is 0 Å². The van der Waals surface area contributed by atoms with Crippen LogP contribution in [0.15, 0.2) is 12.5 Å². The number of imidazole rings is 1. The second-order valence-corrected chi connectivity index (χ2v) is 5.33. The molecule has 1 saturated heterocycles. The molecule has 20 heavy (non-hydrogen) atoms. The first-order valence-corrected chi connectivity index (χ1v) is 7.58. The number of nitrogens with one attached hydrogen (secondary N) is 2. The van der Waals surface area contributed by atoms with E-state index in [1.165, 1.54) is 11.8 Å². The Hall–Kier alpha value is -1.54. The minimum atomic E-state index is -0.0839. The number of aromatic amines is 1. The molecule has 2 heterocycles. The van der Waals surface area contributed by atoms with Crippen LogP contribution >= 0.6 is 11.8 Å². The topological polar surface area (TPSA) is 87.3 Å². The maximum Gasteiger partial charge on any atom is 0.232 e. The fourth-order valence-corrected chi connectivity index (χ4v) is 2.51. The minimum Gasteiger partial charge on any atom is -0.378 e. The Morgan fingerprint density at radius 1 is 1.40 bits per heavy atom. The number of amides is 2. The van der Waals surface area contributed by atoms with Gasteiger partial charge in [0.25, 0.3) is 0 Å². The van der Waals surface area contributed by atoms with Crippen molar-refractivity contribution in [1.29, 1.82) is 0 Å². The van der Waals surface area contributed by atoms with Gasteiger partial charge >= 0.3 is 0 Å². The maximum absolute atomic E-state index is 11.8. The molecule has 0 spiro atoms. The number of carbonyl (C=O) groups is 2. The Bertz CT molecular complexity index is 432. The van der Waals surface area contributed by atoms with Crippen LogP contribution in [0.2, 0.25) is 0 Å². The van der Waals surface area contributed by atoms with Gasteiger partial charge in [-0.2, -0.15) is 0 Å². The van der Waals surface area contributed by atoms with E-state index in [4.69, 9.17) is 4.74 Å². The Balaban J connectivity index is 1.57. The lowest BCUT2D eigenvalue weighted by atomic mass is 10.4. The van der Waals surface area contributed by atoms with Gasteiger partial charge < -0.3 is 19.9 Å². The second-order valence-electron chi connectivity index (χ2n) is 4.34. The predicted molar refractivity (Wildman–Crippen MR) is 75.2 cm³/mol. The normalized spacial score (nSPS) is 15.1. The summed E-state index contributed by atoms with van der Waals surface area (Å²) in [6.07, 6.45) is 3.23. The highest BCUT2D eigenvalue weighted by Crippen LogP contribution is 2.05. The third kappa shape index (κ3) is 4.86. The molecular formula is C12H18N4O3S. The third-order valence-corrected chi connectivity index (χ3v) is 3.77. The minimum absolute atomic E-state index is 0.0691. The van der Waals surface area contributed by atoms with E-state index in [2.05, 4.69) is 15.3 Å². The highest BCUT2D eigenvalue weighted by atomic mass is 32.2. The van der Waals surface area contributed by atoms with E-state index in [1.54, 1.807) is 17.4 Å². The largest absolute Gasteiger partial charge is 0.378 e. The highest BCUT2D eigenvalue weighted by molar-refractivity contribution is 8.00. The van der Waals surface area contributed by atoms with Crippen molar-refractivity contribution in [2.75, 3.05) is 37.8 Å². The van der Waals surface area contributed by atoms with Crippen LogP contribution in [-0.2, 0) is 20.9 Å². The highest BCUT2D eigenvalue weighted by Gasteiger charge is 2.16. The van der Waals surface area contributed by atoms with Crippen molar-refractivity contribution in [3.05, 3.63) is 18.2 Å². The van der Waals surface area contributed by atoms with Crippen LogP contribution in [-0.4, -0.2) is 64.5 Å². The molecule has 0 aliphatic carbocycles. The van der Waals surface area contributed by atoms with E-state index in [9.17, 15) is 9.59 Å². The Kier molecular flexibility index (Phi) is 5.87. The molecule has 1 fully saturated rings. The first-order chi connectivity index (χ1) is 9.75. The average Bonchev–Trinajstić information content (AvgIpc) is 2.99. The summed E-state index contributed by atoms with van der Waals surface area (Å²) in [7, 11) is 0. The monoisotopic (exact) mass is 298 g/mol. The number of aromatic nitrogens is 2. The molecule has 1 aliphatic heterocycles. The van der Waals surface area contributed by atoms with E-state index in [0.717, 1.165) is 5.69 Å². The molecule has 110 valence electrons. The average molecular weight is 298 g/mol. The molecule has 2 rings (SSSR count). The predicted octanol–water partition coefficient (Wildman–Crippen LogP) is -0.382. The van der Waals surface area contributed by atoms with E-state index >= 15 is 0 Å².